The summed E-state index contributed by atoms with van der Waals surface area (Å²) in [5.74, 6) is 1.15. The number of fused-ring (bicyclic) bond motifs is 1. The van der Waals surface area contributed by atoms with E-state index in [9.17, 15) is 4.79 Å². The van der Waals surface area contributed by atoms with Crippen LogP contribution in [0.3, 0.4) is 0 Å². The molecule has 1 aliphatic carbocycles. The molecule has 2 heterocycles. The molecule has 0 spiro atoms. The first-order chi connectivity index (χ1) is 11.5. The molecule has 2 aromatic heterocycles. The van der Waals surface area contributed by atoms with E-state index in [1.807, 2.05) is 13.1 Å². The van der Waals surface area contributed by atoms with Gasteiger partial charge in [-0.05, 0) is 30.7 Å². The van der Waals surface area contributed by atoms with Crippen LogP contribution in [0.25, 0.3) is 0 Å². The molecule has 6 nitrogen and oxygen atoms in total. The van der Waals surface area contributed by atoms with E-state index in [-0.39, 0.29) is 11.6 Å². The number of rotatable bonds is 5. The first kappa shape index (κ1) is 16.8. The van der Waals surface area contributed by atoms with Crippen LogP contribution in [0, 0.1) is 0 Å². The molecule has 0 aliphatic heterocycles. The fourth-order valence-corrected chi connectivity index (χ4v) is 3.60. The Bertz CT molecular complexity index is 776. The molecule has 0 fully saturated rings. The van der Waals surface area contributed by atoms with E-state index in [4.69, 9.17) is 4.74 Å². The third-order valence-corrected chi connectivity index (χ3v) is 4.72. The van der Waals surface area contributed by atoms with Gasteiger partial charge in [0.15, 0.2) is 0 Å². The number of hydrogen-bond acceptors (Lipinski definition) is 4. The highest BCUT2D eigenvalue weighted by atomic mass is 16.5. The fourth-order valence-electron chi connectivity index (χ4n) is 3.60. The molecular formula is C18H26N4O2. The number of nitrogens with zero attached hydrogens (tertiary/aromatic N) is 2. The summed E-state index contributed by atoms with van der Waals surface area (Å²) in [6.45, 7) is 4.99. The molecule has 2 N–H and O–H groups in total. The van der Waals surface area contributed by atoms with Gasteiger partial charge in [-0.1, -0.05) is 19.9 Å². The molecule has 24 heavy (non-hydrogen) atoms. The van der Waals surface area contributed by atoms with Crippen LogP contribution >= 0.6 is 0 Å². The second-order valence-corrected chi connectivity index (χ2v) is 6.73. The molecule has 6 heteroatoms. The Labute approximate surface area is 142 Å². The summed E-state index contributed by atoms with van der Waals surface area (Å²) >= 11 is 0. The van der Waals surface area contributed by atoms with Gasteiger partial charge in [-0.25, -0.2) is 4.68 Å². The monoisotopic (exact) mass is 330 g/mol. The molecule has 1 aliphatic rings. The van der Waals surface area contributed by atoms with Crippen LogP contribution in [-0.2, 0) is 20.0 Å². The molecule has 0 saturated heterocycles. The van der Waals surface area contributed by atoms with E-state index < -0.39 is 0 Å². The van der Waals surface area contributed by atoms with Gasteiger partial charge in [-0.3, -0.25) is 4.79 Å². The smallest absolute Gasteiger partial charge is 0.248 e. The summed E-state index contributed by atoms with van der Waals surface area (Å²) in [5, 5.41) is 8.25. The number of aromatic nitrogens is 3. The number of hydrogen-bond donors (Lipinski definition) is 2. The van der Waals surface area contributed by atoms with E-state index in [0.29, 0.717) is 12.5 Å². The molecule has 3 rings (SSSR count). The van der Waals surface area contributed by atoms with Gasteiger partial charge >= 0.3 is 0 Å². The molecule has 0 aromatic carbocycles. The van der Waals surface area contributed by atoms with E-state index in [0.717, 1.165) is 42.1 Å². The second kappa shape index (κ2) is 6.81. The second-order valence-electron chi connectivity index (χ2n) is 6.73. The van der Waals surface area contributed by atoms with Crippen LogP contribution < -0.4 is 15.6 Å². The van der Waals surface area contributed by atoms with Crippen molar-refractivity contribution >= 4 is 0 Å². The molecule has 130 valence electrons. The number of pyridine rings is 1. The molecule has 0 radical (unpaired) electrons. The van der Waals surface area contributed by atoms with E-state index >= 15 is 0 Å². The van der Waals surface area contributed by atoms with Gasteiger partial charge in [0.1, 0.15) is 0 Å². The van der Waals surface area contributed by atoms with Gasteiger partial charge in [0.25, 0.3) is 0 Å². The van der Waals surface area contributed by atoms with Crippen molar-refractivity contribution in [2.24, 2.45) is 7.05 Å². The van der Waals surface area contributed by atoms with Crippen molar-refractivity contribution in [3.63, 3.8) is 0 Å². The van der Waals surface area contributed by atoms with Crippen molar-refractivity contribution in [2.45, 2.75) is 51.6 Å². The molecular weight excluding hydrogens is 304 g/mol. The normalized spacial score (nSPS) is 17.1. The summed E-state index contributed by atoms with van der Waals surface area (Å²) < 4.78 is 7.35. The van der Waals surface area contributed by atoms with Crippen molar-refractivity contribution in [3.8, 4) is 5.88 Å². The number of ether oxygens (including phenoxy) is 1. The molecule has 0 amide bonds. The first-order valence-corrected chi connectivity index (χ1v) is 8.56. The van der Waals surface area contributed by atoms with Crippen molar-refractivity contribution in [3.05, 3.63) is 45.0 Å². The van der Waals surface area contributed by atoms with Crippen molar-refractivity contribution in [2.75, 3.05) is 7.11 Å². The lowest BCUT2D eigenvalue weighted by Crippen LogP contribution is -2.27. The highest BCUT2D eigenvalue weighted by Gasteiger charge is 2.23. The number of aryl methyl sites for hydroxylation is 2. The molecule has 2 aromatic rings. The summed E-state index contributed by atoms with van der Waals surface area (Å²) in [4.78, 5) is 14.5. The Morgan fingerprint density at radius 2 is 2.25 bits per heavy atom. The molecule has 0 bridgehead atoms. The van der Waals surface area contributed by atoms with E-state index in [2.05, 4.69) is 29.2 Å². The van der Waals surface area contributed by atoms with Gasteiger partial charge in [0, 0.05) is 31.4 Å². The Morgan fingerprint density at radius 3 is 2.96 bits per heavy atom. The first-order valence-electron chi connectivity index (χ1n) is 8.56. The number of H-pyrrole nitrogens is 1. The van der Waals surface area contributed by atoms with Gasteiger partial charge in [-0.15, -0.1) is 0 Å². The van der Waals surface area contributed by atoms with Crippen LogP contribution in [0.1, 0.15) is 61.2 Å². The van der Waals surface area contributed by atoms with E-state index in [1.165, 1.54) is 5.56 Å². The van der Waals surface area contributed by atoms with Crippen LogP contribution in [0.15, 0.2) is 16.9 Å². The molecule has 1 atom stereocenters. The summed E-state index contributed by atoms with van der Waals surface area (Å²) in [6.07, 6.45) is 3.08. The minimum atomic E-state index is -0.0228. The third-order valence-electron chi connectivity index (χ3n) is 4.72. The summed E-state index contributed by atoms with van der Waals surface area (Å²) in [5.41, 5.74) is 4.43. The van der Waals surface area contributed by atoms with Crippen LogP contribution in [0.5, 0.6) is 5.88 Å². The maximum absolute atomic E-state index is 11.5. The Balaban J connectivity index is 1.84. The topological polar surface area (TPSA) is 71.9 Å². The highest BCUT2D eigenvalue weighted by molar-refractivity contribution is 5.34. The largest absolute Gasteiger partial charge is 0.481 e. The Hall–Kier alpha value is -2.08. The lowest BCUT2D eigenvalue weighted by atomic mass is 9.91. The Kier molecular flexibility index (Phi) is 4.76. The third kappa shape index (κ3) is 3.11. The van der Waals surface area contributed by atoms with Gasteiger partial charge in [0.05, 0.1) is 18.4 Å². The average Bonchev–Trinajstić information content (AvgIpc) is 2.88. The number of nitrogens with one attached hydrogen (secondary N) is 2. The van der Waals surface area contributed by atoms with Crippen LogP contribution in [-0.4, -0.2) is 21.9 Å². The quantitative estimate of drug-likeness (QED) is 0.883. The number of methoxy groups -OCH3 is 1. The maximum atomic E-state index is 11.5. The molecule has 0 saturated carbocycles. The van der Waals surface area contributed by atoms with Gasteiger partial charge in [0.2, 0.25) is 11.4 Å². The van der Waals surface area contributed by atoms with Crippen molar-refractivity contribution in [1.82, 2.24) is 20.1 Å². The zero-order valence-corrected chi connectivity index (χ0v) is 14.8. The van der Waals surface area contributed by atoms with Gasteiger partial charge in [-0.2, -0.15) is 5.10 Å². The zero-order valence-electron chi connectivity index (χ0n) is 14.8. The Morgan fingerprint density at radius 1 is 1.46 bits per heavy atom. The average molecular weight is 330 g/mol. The molecule has 1 unspecified atom stereocenters. The minimum absolute atomic E-state index is 0.0228. The zero-order chi connectivity index (χ0) is 17.3. The predicted molar refractivity (Wildman–Crippen MR) is 93.4 cm³/mol. The van der Waals surface area contributed by atoms with Crippen LogP contribution in [0.2, 0.25) is 0 Å². The number of aromatic amines is 1. The summed E-state index contributed by atoms with van der Waals surface area (Å²) in [7, 11) is 3.60. The lowest BCUT2D eigenvalue weighted by Gasteiger charge is -2.26. The van der Waals surface area contributed by atoms with Gasteiger partial charge < -0.3 is 15.0 Å². The lowest BCUT2D eigenvalue weighted by molar-refractivity contribution is 0.365. The maximum Gasteiger partial charge on any atom is 0.248 e. The predicted octanol–water partition coefficient (Wildman–Crippen LogP) is 2.41. The SMILES string of the molecule is COc1c(CNC2CCCc3[nH]c(=O)ccc32)c(C(C)C)nn1C. The van der Waals surface area contributed by atoms with Crippen molar-refractivity contribution < 1.29 is 4.74 Å². The van der Waals surface area contributed by atoms with Crippen LogP contribution in [0.4, 0.5) is 0 Å². The highest BCUT2D eigenvalue weighted by Crippen LogP contribution is 2.31. The van der Waals surface area contributed by atoms with E-state index in [1.54, 1.807) is 17.9 Å². The standard InChI is InChI=1S/C18H26N4O2/c1-11(2)17-13(18(24-4)22(3)21-17)10-19-14-6-5-7-15-12(14)8-9-16(23)20-15/h8-9,11,14,19H,5-7,10H2,1-4H3,(H,20,23). The summed E-state index contributed by atoms with van der Waals surface area (Å²) in [6, 6.07) is 3.81. The minimum Gasteiger partial charge on any atom is -0.481 e. The van der Waals surface area contributed by atoms with Crippen molar-refractivity contribution in [1.29, 1.82) is 0 Å². The fraction of sp³-hybridized carbons (Fsp3) is 0.556.